The second kappa shape index (κ2) is 7.18. The van der Waals surface area contributed by atoms with Crippen molar-refractivity contribution in [1.29, 1.82) is 0 Å². The Labute approximate surface area is 161 Å². The van der Waals surface area contributed by atoms with E-state index in [1.165, 1.54) is 6.20 Å². The van der Waals surface area contributed by atoms with Gasteiger partial charge in [0, 0.05) is 31.4 Å². The average Bonchev–Trinajstić information content (AvgIpc) is 2.98. The summed E-state index contributed by atoms with van der Waals surface area (Å²) in [5, 5.41) is 12.8. The van der Waals surface area contributed by atoms with Gasteiger partial charge in [0.05, 0.1) is 17.1 Å². The normalized spacial score (nSPS) is 24.8. The summed E-state index contributed by atoms with van der Waals surface area (Å²) in [5.41, 5.74) is -0.440. The molecule has 2 aliphatic heterocycles. The SMILES string of the molecule is CCn1cc(C(=O)O)c(=O)c2cc(F)c(C3C4CCC(CN3C)N4)nc21.Cl. The number of nitrogens with zero attached hydrogens (tertiary/aromatic N) is 3. The van der Waals surface area contributed by atoms with Crippen LogP contribution in [0.5, 0.6) is 0 Å². The number of nitrogens with one attached hydrogen (secondary N) is 1. The first kappa shape index (κ1) is 19.7. The second-order valence-electron chi connectivity index (χ2n) is 7.12. The van der Waals surface area contributed by atoms with Crippen molar-refractivity contribution < 1.29 is 14.3 Å². The van der Waals surface area contributed by atoms with E-state index in [-0.39, 0.29) is 35.4 Å². The molecular weight excluding hydrogens is 375 g/mol. The lowest BCUT2D eigenvalue weighted by atomic mass is 10.00. The lowest BCUT2D eigenvalue weighted by Gasteiger charge is -2.38. The van der Waals surface area contributed by atoms with Crippen LogP contribution in [0.15, 0.2) is 17.1 Å². The Hall–Kier alpha value is -2.03. The fraction of sp³-hybridized carbons (Fsp3) is 0.500. The Balaban J connectivity index is 0.00000210. The Morgan fingerprint density at radius 1 is 1.44 bits per heavy atom. The topological polar surface area (TPSA) is 87.5 Å². The third-order valence-corrected chi connectivity index (χ3v) is 5.52. The maximum atomic E-state index is 14.9. The number of carbonyl (C=O) groups is 1. The van der Waals surface area contributed by atoms with Crippen LogP contribution >= 0.6 is 12.4 Å². The molecule has 2 aromatic heterocycles. The molecule has 0 radical (unpaired) electrons. The molecule has 146 valence electrons. The van der Waals surface area contributed by atoms with Crippen molar-refractivity contribution in [1.82, 2.24) is 19.8 Å². The summed E-state index contributed by atoms with van der Waals surface area (Å²) in [6.45, 7) is 3.08. The van der Waals surface area contributed by atoms with E-state index in [4.69, 9.17) is 0 Å². The van der Waals surface area contributed by atoms with Gasteiger partial charge >= 0.3 is 5.97 Å². The van der Waals surface area contributed by atoms with Crippen molar-refractivity contribution in [3.05, 3.63) is 39.6 Å². The van der Waals surface area contributed by atoms with Gasteiger partial charge in [-0.3, -0.25) is 9.69 Å². The molecule has 2 aliphatic rings. The summed E-state index contributed by atoms with van der Waals surface area (Å²) in [4.78, 5) is 30.4. The third kappa shape index (κ3) is 3.11. The predicted molar refractivity (Wildman–Crippen MR) is 101 cm³/mol. The predicted octanol–water partition coefficient (Wildman–Crippen LogP) is 1.78. The minimum Gasteiger partial charge on any atom is -0.477 e. The second-order valence-corrected chi connectivity index (χ2v) is 7.12. The Kier molecular flexibility index (Phi) is 5.24. The highest BCUT2D eigenvalue weighted by molar-refractivity contribution is 5.91. The zero-order valence-electron chi connectivity index (χ0n) is 15.1. The molecule has 2 saturated heterocycles. The fourth-order valence-corrected chi connectivity index (χ4v) is 4.31. The van der Waals surface area contributed by atoms with Crippen molar-refractivity contribution in [3.63, 3.8) is 0 Å². The number of rotatable bonds is 3. The molecule has 0 saturated carbocycles. The van der Waals surface area contributed by atoms with Crippen LogP contribution in [0.3, 0.4) is 0 Å². The summed E-state index contributed by atoms with van der Waals surface area (Å²) >= 11 is 0. The van der Waals surface area contributed by atoms with Crippen molar-refractivity contribution >= 4 is 29.4 Å². The largest absolute Gasteiger partial charge is 0.477 e. The smallest absolute Gasteiger partial charge is 0.341 e. The van der Waals surface area contributed by atoms with E-state index >= 15 is 0 Å². The summed E-state index contributed by atoms with van der Waals surface area (Å²) in [6.07, 6.45) is 3.30. The van der Waals surface area contributed by atoms with Crippen molar-refractivity contribution in [3.8, 4) is 0 Å². The van der Waals surface area contributed by atoms with Gasteiger partial charge in [-0.15, -0.1) is 12.4 Å². The number of carboxylic acid groups (broad SMARTS) is 1. The number of aromatic nitrogens is 2. The average molecular weight is 397 g/mol. The molecule has 4 rings (SSSR count). The molecule has 9 heteroatoms. The van der Waals surface area contributed by atoms with Gasteiger partial charge in [-0.05, 0) is 32.9 Å². The highest BCUT2D eigenvalue weighted by atomic mass is 35.5. The first-order chi connectivity index (χ1) is 12.4. The van der Waals surface area contributed by atoms with Crippen LogP contribution in [-0.4, -0.2) is 51.2 Å². The minimum atomic E-state index is -1.32. The van der Waals surface area contributed by atoms with Crippen LogP contribution in [0, 0.1) is 5.82 Å². The number of fused-ring (bicyclic) bond motifs is 3. The van der Waals surface area contributed by atoms with Crippen LogP contribution in [0.2, 0.25) is 0 Å². The lowest BCUT2D eigenvalue weighted by molar-refractivity contribution is 0.0695. The zero-order chi connectivity index (χ0) is 18.6. The lowest BCUT2D eigenvalue weighted by Crippen LogP contribution is -2.51. The van der Waals surface area contributed by atoms with Gasteiger partial charge in [0.15, 0.2) is 0 Å². The quantitative estimate of drug-likeness (QED) is 0.822. The number of piperazine rings is 1. The molecule has 0 aliphatic carbocycles. The molecule has 2 N–H and O–H groups in total. The number of hydrogen-bond acceptors (Lipinski definition) is 5. The van der Waals surface area contributed by atoms with E-state index in [1.54, 1.807) is 4.57 Å². The molecule has 2 fully saturated rings. The summed E-state index contributed by atoms with van der Waals surface area (Å²) in [6, 6.07) is 1.49. The van der Waals surface area contributed by atoms with Gasteiger partial charge in [0.25, 0.3) is 0 Å². The fourth-order valence-electron chi connectivity index (χ4n) is 4.31. The number of hydrogen-bond donors (Lipinski definition) is 2. The van der Waals surface area contributed by atoms with Gasteiger partial charge < -0.3 is 15.0 Å². The summed E-state index contributed by atoms with van der Waals surface area (Å²) in [5.74, 6) is -1.89. The highest BCUT2D eigenvalue weighted by Gasteiger charge is 2.41. The van der Waals surface area contributed by atoms with Gasteiger partial charge in [-0.1, -0.05) is 0 Å². The third-order valence-electron chi connectivity index (χ3n) is 5.52. The van der Waals surface area contributed by atoms with Gasteiger partial charge in [0.2, 0.25) is 5.43 Å². The van der Waals surface area contributed by atoms with Gasteiger partial charge in [0.1, 0.15) is 17.0 Å². The number of aryl methyl sites for hydroxylation is 1. The monoisotopic (exact) mass is 396 g/mol. The molecule has 7 nitrogen and oxygen atoms in total. The maximum absolute atomic E-state index is 14.9. The van der Waals surface area contributed by atoms with E-state index in [2.05, 4.69) is 15.2 Å². The Morgan fingerprint density at radius 3 is 2.85 bits per heavy atom. The van der Waals surface area contributed by atoms with Crippen LogP contribution in [0.25, 0.3) is 11.0 Å². The van der Waals surface area contributed by atoms with Crippen molar-refractivity contribution in [2.24, 2.45) is 0 Å². The molecule has 3 unspecified atom stereocenters. The van der Waals surface area contributed by atoms with E-state index in [9.17, 15) is 19.1 Å². The Bertz CT molecular complexity index is 964. The molecule has 2 bridgehead atoms. The molecular formula is C18H22ClFN4O3. The molecule has 3 atom stereocenters. The number of pyridine rings is 2. The van der Waals surface area contributed by atoms with Crippen molar-refractivity contribution in [2.75, 3.05) is 13.6 Å². The van der Waals surface area contributed by atoms with Crippen molar-refractivity contribution in [2.45, 2.75) is 44.4 Å². The Morgan fingerprint density at radius 2 is 2.19 bits per heavy atom. The van der Waals surface area contributed by atoms with E-state index in [0.29, 0.717) is 23.9 Å². The number of aromatic carboxylic acids is 1. The van der Waals surface area contributed by atoms with E-state index in [0.717, 1.165) is 25.5 Å². The number of carboxylic acids is 1. The highest BCUT2D eigenvalue weighted by Crippen LogP contribution is 2.35. The van der Waals surface area contributed by atoms with Gasteiger partial charge in [-0.25, -0.2) is 14.2 Å². The molecule has 4 heterocycles. The number of likely N-dealkylation sites (tertiary alicyclic amines) is 1. The van der Waals surface area contributed by atoms with Crippen LogP contribution in [0.1, 0.15) is 41.9 Å². The maximum Gasteiger partial charge on any atom is 0.341 e. The minimum absolute atomic E-state index is 0. The van der Waals surface area contributed by atoms with Crippen LogP contribution < -0.4 is 10.7 Å². The van der Waals surface area contributed by atoms with E-state index < -0.39 is 17.2 Å². The van der Waals surface area contributed by atoms with Crippen LogP contribution in [0.4, 0.5) is 4.39 Å². The summed E-state index contributed by atoms with van der Waals surface area (Å²) in [7, 11) is 1.96. The molecule has 27 heavy (non-hydrogen) atoms. The van der Waals surface area contributed by atoms with Crippen LogP contribution in [-0.2, 0) is 6.54 Å². The molecule has 0 amide bonds. The standard InChI is InChI=1S/C18H21FN4O3.ClH/c1-3-23-8-11(18(25)26)16(24)10-6-12(19)14(21-17(10)23)15-13-5-4-9(20-13)7-22(15)2;/h6,8-9,13,15,20H,3-5,7H2,1-2H3,(H,25,26);1H. The number of halogens is 2. The number of likely N-dealkylation sites (N-methyl/N-ethyl adjacent to an activating group) is 1. The first-order valence-corrected chi connectivity index (χ1v) is 8.83. The summed E-state index contributed by atoms with van der Waals surface area (Å²) < 4.78 is 16.5. The molecule has 2 aromatic rings. The molecule has 0 aromatic carbocycles. The molecule has 0 spiro atoms. The van der Waals surface area contributed by atoms with E-state index in [1.807, 2.05) is 14.0 Å². The van der Waals surface area contributed by atoms with Gasteiger partial charge in [-0.2, -0.15) is 0 Å². The zero-order valence-corrected chi connectivity index (χ0v) is 15.9. The first-order valence-electron chi connectivity index (χ1n) is 8.83.